The number of carbonyl (C=O) groups excluding carboxylic acids is 2. The van der Waals surface area contributed by atoms with Crippen LogP contribution in [0.1, 0.15) is 35.2 Å². The third-order valence-electron chi connectivity index (χ3n) is 5.61. The summed E-state index contributed by atoms with van der Waals surface area (Å²) < 4.78 is 24.8. The van der Waals surface area contributed by atoms with E-state index in [2.05, 4.69) is 0 Å². The number of halogens is 1. The summed E-state index contributed by atoms with van der Waals surface area (Å²) in [7, 11) is 0. The lowest BCUT2D eigenvalue weighted by Crippen LogP contribution is -2.40. The number of likely N-dealkylation sites (tertiary alicyclic amines) is 1. The lowest BCUT2D eigenvalue weighted by molar-refractivity contribution is -0.132. The second-order valence-electron chi connectivity index (χ2n) is 7.47. The fourth-order valence-corrected chi connectivity index (χ4v) is 3.92. The van der Waals surface area contributed by atoms with Crippen molar-refractivity contribution in [1.82, 2.24) is 4.90 Å². The summed E-state index contributed by atoms with van der Waals surface area (Å²) in [5, 5.41) is 0. The van der Waals surface area contributed by atoms with Gasteiger partial charge in [-0.15, -0.1) is 0 Å². The number of piperidine rings is 1. The van der Waals surface area contributed by atoms with E-state index < -0.39 is 0 Å². The van der Waals surface area contributed by atoms with Crippen LogP contribution in [0.4, 0.5) is 4.39 Å². The van der Waals surface area contributed by atoms with E-state index in [1.165, 1.54) is 6.07 Å². The van der Waals surface area contributed by atoms with Crippen LogP contribution in [0.15, 0.2) is 42.5 Å². The fraction of sp³-hybridized carbons (Fsp3) is 0.391. The molecule has 6 heteroatoms. The zero-order valence-corrected chi connectivity index (χ0v) is 16.2. The van der Waals surface area contributed by atoms with Gasteiger partial charge >= 0.3 is 0 Å². The van der Waals surface area contributed by atoms with Gasteiger partial charge in [-0.3, -0.25) is 9.59 Å². The van der Waals surface area contributed by atoms with Gasteiger partial charge in [0.1, 0.15) is 19.0 Å². The Morgan fingerprint density at radius 1 is 1.00 bits per heavy atom. The van der Waals surface area contributed by atoms with Gasteiger partial charge < -0.3 is 14.4 Å². The molecule has 2 heterocycles. The maximum Gasteiger partial charge on any atom is 0.222 e. The van der Waals surface area contributed by atoms with Crippen LogP contribution >= 0.6 is 0 Å². The highest BCUT2D eigenvalue weighted by molar-refractivity contribution is 5.98. The molecule has 0 aromatic heterocycles. The van der Waals surface area contributed by atoms with Crippen LogP contribution in [0.25, 0.3) is 0 Å². The maximum atomic E-state index is 13.7. The summed E-state index contributed by atoms with van der Waals surface area (Å²) >= 11 is 0. The number of carbonyl (C=O) groups is 2. The van der Waals surface area contributed by atoms with Gasteiger partial charge in [-0.05, 0) is 49.1 Å². The first-order chi connectivity index (χ1) is 14.1. The van der Waals surface area contributed by atoms with Crippen LogP contribution in [0.5, 0.6) is 11.5 Å². The Morgan fingerprint density at radius 3 is 2.48 bits per heavy atom. The Kier molecular flexibility index (Phi) is 5.79. The van der Waals surface area contributed by atoms with Gasteiger partial charge in [-0.25, -0.2) is 4.39 Å². The largest absolute Gasteiger partial charge is 0.486 e. The number of nitrogens with zero attached hydrogens (tertiary/aromatic N) is 1. The Hall–Kier alpha value is -2.89. The molecule has 0 atom stereocenters. The van der Waals surface area contributed by atoms with Crippen molar-refractivity contribution in [2.45, 2.75) is 25.7 Å². The number of aryl methyl sites for hydroxylation is 1. The van der Waals surface area contributed by atoms with Crippen LogP contribution < -0.4 is 9.47 Å². The normalized spacial score (nSPS) is 16.5. The minimum absolute atomic E-state index is 0.0125. The Bertz CT molecular complexity index is 906. The van der Waals surface area contributed by atoms with Crippen molar-refractivity contribution in [2.24, 2.45) is 5.92 Å². The Balaban J connectivity index is 1.30. The standard InChI is InChI=1S/C23H24FNO4/c24-19-4-2-1-3-16(19)6-8-22(26)25-11-9-17(10-12-25)23(27)18-5-7-20-21(15-18)29-14-13-28-20/h1-5,7,15,17H,6,8-14H2. The minimum Gasteiger partial charge on any atom is -0.486 e. The number of hydrogen-bond donors (Lipinski definition) is 0. The van der Waals surface area contributed by atoms with E-state index in [-0.39, 0.29) is 29.8 Å². The van der Waals surface area contributed by atoms with Crippen LogP contribution in [0, 0.1) is 11.7 Å². The van der Waals surface area contributed by atoms with Crippen LogP contribution in [0.2, 0.25) is 0 Å². The molecule has 0 N–H and O–H groups in total. The van der Waals surface area contributed by atoms with Gasteiger partial charge in [-0.2, -0.15) is 0 Å². The molecule has 0 spiro atoms. The van der Waals surface area contributed by atoms with Gasteiger partial charge in [0.15, 0.2) is 17.3 Å². The smallest absolute Gasteiger partial charge is 0.222 e. The highest BCUT2D eigenvalue weighted by Crippen LogP contribution is 2.32. The molecule has 4 rings (SSSR count). The van der Waals surface area contributed by atoms with Gasteiger partial charge in [-0.1, -0.05) is 18.2 Å². The molecule has 2 aliphatic heterocycles. The third kappa shape index (κ3) is 4.42. The number of Topliss-reactive ketones (excluding diaryl/α,β-unsaturated/α-hetero) is 1. The predicted octanol–water partition coefficient (Wildman–Crippen LogP) is 3.65. The molecular formula is C23H24FNO4. The van der Waals surface area contributed by atoms with Crippen molar-refractivity contribution in [1.29, 1.82) is 0 Å². The Labute approximate surface area is 169 Å². The monoisotopic (exact) mass is 397 g/mol. The first-order valence-electron chi connectivity index (χ1n) is 10.1. The molecule has 0 bridgehead atoms. The molecule has 5 nitrogen and oxygen atoms in total. The lowest BCUT2D eigenvalue weighted by atomic mass is 9.88. The van der Waals surface area contributed by atoms with Gasteiger partial charge in [0.25, 0.3) is 0 Å². The summed E-state index contributed by atoms with van der Waals surface area (Å²) in [5.74, 6) is 1.00. The fourth-order valence-electron chi connectivity index (χ4n) is 3.92. The molecular weight excluding hydrogens is 373 g/mol. The van der Waals surface area contributed by atoms with E-state index in [1.54, 1.807) is 41.3 Å². The topological polar surface area (TPSA) is 55.8 Å². The molecule has 2 aromatic rings. The zero-order valence-electron chi connectivity index (χ0n) is 16.2. The number of ether oxygens (including phenoxy) is 2. The molecule has 29 heavy (non-hydrogen) atoms. The van der Waals surface area contributed by atoms with Crippen molar-refractivity contribution < 1.29 is 23.5 Å². The van der Waals surface area contributed by atoms with E-state index >= 15 is 0 Å². The highest BCUT2D eigenvalue weighted by atomic mass is 19.1. The van der Waals surface area contributed by atoms with Crippen molar-refractivity contribution in [3.63, 3.8) is 0 Å². The molecule has 152 valence electrons. The zero-order chi connectivity index (χ0) is 20.2. The van der Waals surface area contributed by atoms with Crippen LogP contribution in [0.3, 0.4) is 0 Å². The summed E-state index contributed by atoms with van der Waals surface area (Å²) in [6.07, 6.45) is 1.95. The number of fused-ring (bicyclic) bond motifs is 1. The van der Waals surface area contributed by atoms with Crippen molar-refractivity contribution >= 4 is 11.7 Å². The average Bonchev–Trinajstić information content (AvgIpc) is 2.77. The first kappa shape index (κ1) is 19.4. The molecule has 0 unspecified atom stereocenters. The number of amides is 1. The molecule has 1 fully saturated rings. The van der Waals surface area contributed by atoms with E-state index in [0.717, 1.165) is 0 Å². The van der Waals surface area contributed by atoms with Crippen molar-refractivity contribution in [3.05, 3.63) is 59.4 Å². The third-order valence-corrected chi connectivity index (χ3v) is 5.61. The van der Waals surface area contributed by atoms with Crippen molar-refractivity contribution in [2.75, 3.05) is 26.3 Å². The molecule has 2 aromatic carbocycles. The second-order valence-corrected chi connectivity index (χ2v) is 7.47. The van der Waals surface area contributed by atoms with E-state index in [9.17, 15) is 14.0 Å². The van der Waals surface area contributed by atoms with Gasteiger partial charge in [0.05, 0.1) is 0 Å². The summed E-state index contributed by atoms with van der Waals surface area (Å²) in [4.78, 5) is 27.1. The van der Waals surface area contributed by atoms with Gasteiger partial charge in [0, 0.05) is 31.0 Å². The van der Waals surface area contributed by atoms with Gasteiger partial charge in [0.2, 0.25) is 5.91 Å². The summed E-state index contributed by atoms with van der Waals surface area (Å²) in [5.41, 5.74) is 1.18. The molecule has 1 saturated heterocycles. The average molecular weight is 397 g/mol. The molecule has 2 aliphatic rings. The Morgan fingerprint density at radius 2 is 1.72 bits per heavy atom. The van der Waals surface area contributed by atoms with Crippen molar-refractivity contribution in [3.8, 4) is 11.5 Å². The number of hydrogen-bond acceptors (Lipinski definition) is 4. The molecule has 0 aliphatic carbocycles. The van der Waals surface area contributed by atoms with E-state index in [4.69, 9.17) is 9.47 Å². The second kappa shape index (κ2) is 8.64. The molecule has 0 saturated carbocycles. The molecule has 1 amide bonds. The lowest BCUT2D eigenvalue weighted by Gasteiger charge is -2.31. The van der Waals surface area contributed by atoms with E-state index in [0.29, 0.717) is 68.2 Å². The minimum atomic E-state index is -0.274. The summed E-state index contributed by atoms with van der Waals surface area (Å²) in [6.45, 7) is 2.11. The van der Waals surface area contributed by atoms with E-state index in [1.807, 2.05) is 0 Å². The SMILES string of the molecule is O=C(c1ccc2c(c1)OCCO2)C1CCN(C(=O)CCc2ccccc2F)CC1. The number of benzene rings is 2. The predicted molar refractivity (Wildman–Crippen MR) is 106 cm³/mol. The number of ketones is 1. The first-order valence-corrected chi connectivity index (χ1v) is 10.1. The van der Waals surface area contributed by atoms with Crippen LogP contribution in [-0.4, -0.2) is 42.9 Å². The quantitative estimate of drug-likeness (QED) is 0.723. The van der Waals surface area contributed by atoms with Crippen LogP contribution in [-0.2, 0) is 11.2 Å². The molecule has 0 radical (unpaired) electrons. The summed E-state index contributed by atoms with van der Waals surface area (Å²) in [6, 6.07) is 11.9. The maximum absolute atomic E-state index is 13.7. The number of rotatable bonds is 5. The highest BCUT2D eigenvalue weighted by Gasteiger charge is 2.28.